The van der Waals surface area contributed by atoms with Crippen LogP contribution in [0.25, 0.3) is 0 Å². The van der Waals surface area contributed by atoms with Gasteiger partial charge in [-0.2, -0.15) is 0 Å². The quantitative estimate of drug-likeness (QED) is 0.793. The Morgan fingerprint density at radius 3 is 2.61 bits per heavy atom. The van der Waals surface area contributed by atoms with Gasteiger partial charge in [0.05, 0.1) is 18.5 Å². The molecule has 0 saturated carbocycles. The van der Waals surface area contributed by atoms with Crippen molar-refractivity contribution in [1.29, 1.82) is 0 Å². The zero-order chi connectivity index (χ0) is 19.3. The van der Waals surface area contributed by atoms with E-state index in [0.29, 0.717) is 19.5 Å². The molecule has 0 radical (unpaired) electrons. The maximum Gasteiger partial charge on any atom is 0.266 e. The maximum absolute atomic E-state index is 12.8. The Bertz CT molecular complexity index is 830. The highest BCUT2D eigenvalue weighted by Crippen LogP contribution is 2.21. The van der Waals surface area contributed by atoms with Crippen LogP contribution in [0.4, 0.5) is 0 Å². The predicted octanol–water partition coefficient (Wildman–Crippen LogP) is 1.93. The molecule has 1 unspecified atom stereocenters. The lowest BCUT2D eigenvalue weighted by atomic mass is 10.0. The molecule has 1 saturated heterocycles. The van der Waals surface area contributed by atoms with Gasteiger partial charge in [0.15, 0.2) is 0 Å². The number of oxime groups is 1. The molecule has 0 spiro atoms. The van der Waals surface area contributed by atoms with Crippen LogP contribution in [0.15, 0.2) is 53.8 Å². The lowest BCUT2D eigenvalue weighted by Crippen LogP contribution is -2.51. The third-order valence-corrected chi connectivity index (χ3v) is 5.16. The number of piperazine rings is 1. The van der Waals surface area contributed by atoms with E-state index in [9.17, 15) is 4.79 Å². The van der Waals surface area contributed by atoms with E-state index in [-0.39, 0.29) is 5.91 Å². The van der Waals surface area contributed by atoms with Crippen LogP contribution in [-0.2, 0) is 16.2 Å². The van der Waals surface area contributed by atoms with Gasteiger partial charge in [0.2, 0.25) is 6.10 Å². The zero-order valence-corrected chi connectivity index (χ0v) is 16.0. The molecule has 7 heteroatoms. The van der Waals surface area contributed by atoms with E-state index in [4.69, 9.17) is 9.57 Å². The van der Waals surface area contributed by atoms with Crippen molar-refractivity contribution in [3.05, 3.63) is 59.9 Å². The molecule has 3 heterocycles. The lowest BCUT2D eigenvalue weighted by molar-refractivity contribution is -0.143. The van der Waals surface area contributed by atoms with E-state index < -0.39 is 6.10 Å². The summed E-state index contributed by atoms with van der Waals surface area (Å²) in [5.74, 6) is 0.809. The molecule has 1 aromatic heterocycles. The first-order valence-corrected chi connectivity index (χ1v) is 9.51. The standard InChI is InChI=1S/C21H24N4O3/c1-27-18-7-5-16(6-8-18)19-14-20(28-23-19)21(26)25-12-10-24(11-13-25)15-17-4-2-3-9-22-17/h2-9,20H,10-15H2,1H3. The highest BCUT2D eigenvalue weighted by molar-refractivity contribution is 6.04. The van der Waals surface area contributed by atoms with Crippen molar-refractivity contribution in [1.82, 2.24) is 14.8 Å². The number of aromatic nitrogens is 1. The monoisotopic (exact) mass is 380 g/mol. The van der Waals surface area contributed by atoms with E-state index in [0.717, 1.165) is 42.4 Å². The summed E-state index contributed by atoms with van der Waals surface area (Å²) in [5.41, 5.74) is 2.81. The van der Waals surface area contributed by atoms with Crippen LogP contribution in [-0.4, -0.2) is 65.8 Å². The minimum absolute atomic E-state index is 0.0183. The van der Waals surface area contributed by atoms with Crippen LogP contribution in [0, 0.1) is 0 Å². The van der Waals surface area contributed by atoms with Crippen molar-refractivity contribution < 1.29 is 14.4 Å². The molecule has 28 heavy (non-hydrogen) atoms. The van der Waals surface area contributed by atoms with Crippen LogP contribution in [0.5, 0.6) is 5.75 Å². The van der Waals surface area contributed by atoms with E-state index in [1.54, 1.807) is 7.11 Å². The molecule has 1 aromatic carbocycles. The Balaban J connectivity index is 1.28. The molecule has 1 atom stereocenters. The van der Waals surface area contributed by atoms with Gasteiger partial charge in [-0.05, 0) is 42.0 Å². The van der Waals surface area contributed by atoms with Crippen LogP contribution in [0.2, 0.25) is 0 Å². The fourth-order valence-electron chi connectivity index (χ4n) is 3.51. The first-order valence-electron chi connectivity index (χ1n) is 9.51. The molecule has 1 fully saturated rings. The second-order valence-electron chi connectivity index (χ2n) is 6.99. The summed E-state index contributed by atoms with van der Waals surface area (Å²) in [6.07, 6.45) is 1.78. The van der Waals surface area contributed by atoms with Crippen molar-refractivity contribution in [3.8, 4) is 5.75 Å². The fourth-order valence-corrected chi connectivity index (χ4v) is 3.51. The molecule has 0 aliphatic carbocycles. The topological polar surface area (TPSA) is 67.3 Å². The highest BCUT2D eigenvalue weighted by atomic mass is 16.6. The fraction of sp³-hybridized carbons (Fsp3) is 0.381. The summed E-state index contributed by atoms with van der Waals surface area (Å²) in [6.45, 7) is 3.88. The zero-order valence-electron chi connectivity index (χ0n) is 16.0. The maximum atomic E-state index is 12.8. The highest BCUT2D eigenvalue weighted by Gasteiger charge is 2.33. The third kappa shape index (κ3) is 4.14. The average molecular weight is 380 g/mol. The van der Waals surface area contributed by atoms with Gasteiger partial charge in [-0.15, -0.1) is 0 Å². The molecule has 2 aliphatic heterocycles. The summed E-state index contributed by atoms with van der Waals surface area (Å²) in [4.78, 5) is 26.8. The molecule has 0 bridgehead atoms. The number of hydrogen-bond donors (Lipinski definition) is 0. The predicted molar refractivity (Wildman–Crippen MR) is 105 cm³/mol. The first kappa shape index (κ1) is 18.4. The van der Waals surface area contributed by atoms with Gasteiger partial charge in [0, 0.05) is 45.3 Å². The molecule has 146 valence electrons. The third-order valence-electron chi connectivity index (χ3n) is 5.16. The second kappa shape index (κ2) is 8.39. The van der Waals surface area contributed by atoms with Crippen molar-refractivity contribution in [2.75, 3.05) is 33.3 Å². The van der Waals surface area contributed by atoms with E-state index in [2.05, 4.69) is 15.0 Å². The number of rotatable bonds is 5. The normalized spacial score (nSPS) is 19.8. The van der Waals surface area contributed by atoms with Gasteiger partial charge in [-0.1, -0.05) is 11.2 Å². The SMILES string of the molecule is COc1ccc(C2=NOC(C(=O)N3CCN(Cc4ccccn4)CC3)C2)cc1. The number of nitrogens with zero attached hydrogens (tertiary/aromatic N) is 4. The summed E-state index contributed by atoms with van der Waals surface area (Å²) >= 11 is 0. The van der Waals surface area contributed by atoms with E-state index in [1.807, 2.05) is 53.6 Å². The van der Waals surface area contributed by atoms with E-state index in [1.165, 1.54) is 0 Å². The van der Waals surface area contributed by atoms with Crippen LogP contribution in [0.1, 0.15) is 17.7 Å². The smallest absolute Gasteiger partial charge is 0.266 e. The summed E-state index contributed by atoms with van der Waals surface area (Å²) in [6, 6.07) is 13.6. The lowest BCUT2D eigenvalue weighted by Gasteiger charge is -2.35. The molecule has 7 nitrogen and oxygen atoms in total. The molecular weight excluding hydrogens is 356 g/mol. The van der Waals surface area contributed by atoms with Gasteiger partial charge in [-0.25, -0.2) is 0 Å². The van der Waals surface area contributed by atoms with Gasteiger partial charge in [0.25, 0.3) is 5.91 Å². The van der Waals surface area contributed by atoms with Crippen molar-refractivity contribution in [2.45, 2.75) is 19.1 Å². The van der Waals surface area contributed by atoms with Crippen molar-refractivity contribution in [3.63, 3.8) is 0 Å². The number of carbonyl (C=O) groups is 1. The Kier molecular flexibility index (Phi) is 5.53. The summed E-state index contributed by atoms with van der Waals surface area (Å²) < 4.78 is 5.18. The summed E-state index contributed by atoms with van der Waals surface area (Å²) in [5, 5.41) is 4.14. The number of pyridine rings is 1. The molecule has 2 aromatic rings. The minimum Gasteiger partial charge on any atom is -0.497 e. The number of methoxy groups -OCH3 is 1. The van der Waals surface area contributed by atoms with Crippen LogP contribution >= 0.6 is 0 Å². The number of ether oxygens (including phenoxy) is 1. The Morgan fingerprint density at radius 1 is 1.14 bits per heavy atom. The van der Waals surface area contributed by atoms with Crippen molar-refractivity contribution >= 4 is 11.6 Å². The van der Waals surface area contributed by atoms with Gasteiger partial charge in [-0.3, -0.25) is 14.7 Å². The number of hydrogen-bond acceptors (Lipinski definition) is 6. The van der Waals surface area contributed by atoms with Crippen molar-refractivity contribution in [2.24, 2.45) is 5.16 Å². The average Bonchev–Trinajstić information content (AvgIpc) is 3.25. The Hall–Kier alpha value is -2.93. The Morgan fingerprint density at radius 2 is 1.93 bits per heavy atom. The first-order chi connectivity index (χ1) is 13.7. The van der Waals surface area contributed by atoms with Crippen LogP contribution in [0.3, 0.4) is 0 Å². The number of benzene rings is 1. The molecule has 2 aliphatic rings. The molecule has 4 rings (SSSR count). The Labute approximate surface area is 164 Å². The van der Waals surface area contributed by atoms with Gasteiger partial charge in [0.1, 0.15) is 5.75 Å². The van der Waals surface area contributed by atoms with E-state index >= 15 is 0 Å². The van der Waals surface area contributed by atoms with Gasteiger partial charge < -0.3 is 14.5 Å². The molecule has 0 N–H and O–H groups in total. The molecular formula is C21H24N4O3. The number of amides is 1. The largest absolute Gasteiger partial charge is 0.497 e. The molecule has 1 amide bonds. The second-order valence-corrected chi connectivity index (χ2v) is 6.99. The number of carbonyl (C=O) groups excluding carboxylic acids is 1. The van der Waals surface area contributed by atoms with Gasteiger partial charge >= 0.3 is 0 Å². The summed E-state index contributed by atoms with van der Waals surface area (Å²) in [7, 11) is 1.63. The van der Waals surface area contributed by atoms with Crippen LogP contribution < -0.4 is 4.74 Å². The minimum atomic E-state index is -0.528.